The van der Waals surface area contributed by atoms with Crippen LogP contribution in [0.2, 0.25) is 0 Å². The third-order valence-corrected chi connectivity index (χ3v) is 6.84. The van der Waals surface area contributed by atoms with Crippen molar-refractivity contribution >= 4 is 40.3 Å². The molecule has 0 bridgehead atoms. The Morgan fingerprint density at radius 3 is 2.62 bits per heavy atom. The maximum Gasteiger partial charge on any atom is 0.270 e. The molecule has 3 aromatic rings. The summed E-state index contributed by atoms with van der Waals surface area (Å²) in [4.78, 5) is 29.0. The van der Waals surface area contributed by atoms with Crippen molar-refractivity contribution in [2.75, 3.05) is 24.3 Å². The van der Waals surface area contributed by atoms with Crippen molar-refractivity contribution in [3.63, 3.8) is 0 Å². The molecular weight excluding hydrogens is 404 g/mol. The zero-order valence-electron chi connectivity index (χ0n) is 16.5. The molecule has 3 heterocycles. The van der Waals surface area contributed by atoms with E-state index in [0.29, 0.717) is 17.7 Å². The highest BCUT2D eigenvalue weighted by Crippen LogP contribution is 2.28. The van der Waals surface area contributed by atoms with E-state index in [1.807, 2.05) is 48.0 Å². The van der Waals surface area contributed by atoms with Crippen LogP contribution < -0.4 is 15.5 Å². The minimum Gasteiger partial charge on any atom is -0.363 e. The fourth-order valence-corrected chi connectivity index (χ4v) is 5.00. The number of amides is 1. The van der Waals surface area contributed by atoms with E-state index in [2.05, 4.69) is 25.6 Å². The van der Waals surface area contributed by atoms with E-state index < -0.39 is 0 Å². The molecule has 0 spiro atoms. The predicted molar refractivity (Wildman–Crippen MR) is 119 cm³/mol. The van der Waals surface area contributed by atoms with Crippen molar-refractivity contribution in [2.45, 2.75) is 37.8 Å². The Balaban J connectivity index is 1.28. The van der Waals surface area contributed by atoms with Gasteiger partial charge in [0.2, 0.25) is 5.95 Å². The van der Waals surface area contributed by atoms with Gasteiger partial charge in [0.25, 0.3) is 5.91 Å². The maximum absolute atomic E-state index is 12.6. The summed E-state index contributed by atoms with van der Waals surface area (Å²) in [5, 5.41) is 11.3. The first-order valence-electron chi connectivity index (χ1n) is 9.65. The van der Waals surface area contributed by atoms with Crippen molar-refractivity contribution in [1.29, 1.82) is 0 Å². The molecule has 152 valence electrons. The van der Waals surface area contributed by atoms with E-state index in [1.54, 1.807) is 17.5 Å². The van der Waals surface area contributed by atoms with Crippen LogP contribution in [0.25, 0.3) is 9.88 Å². The summed E-state index contributed by atoms with van der Waals surface area (Å²) in [7, 11) is 3.93. The van der Waals surface area contributed by atoms with Crippen molar-refractivity contribution in [1.82, 2.24) is 20.3 Å². The summed E-state index contributed by atoms with van der Waals surface area (Å²) in [5.74, 6) is 1.46. The number of thiazole rings is 1. The van der Waals surface area contributed by atoms with Crippen LogP contribution in [0, 0.1) is 0 Å². The van der Waals surface area contributed by atoms with Crippen LogP contribution in [-0.4, -0.2) is 47.0 Å². The van der Waals surface area contributed by atoms with E-state index in [-0.39, 0.29) is 11.9 Å². The molecule has 29 heavy (non-hydrogen) atoms. The standard InChI is InChI=1S/C20H24N6OS2/c1-26(2)17-9-10-21-20(25-17)23-14-7-5-13(6-8-14)22-18(27)15-12-29-19(24-15)16-4-3-11-28-16/h3-4,9-14H,5-8H2,1-2H3,(H,22,27)(H,21,23,25)/t13-,14+. The maximum atomic E-state index is 12.6. The van der Waals surface area contributed by atoms with Crippen molar-refractivity contribution < 1.29 is 4.79 Å². The molecule has 1 fully saturated rings. The molecule has 1 aliphatic carbocycles. The van der Waals surface area contributed by atoms with Crippen LogP contribution in [0.5, 0.6) is 0 Å². The largest absolute Gasteiger partial charge is 0.363 e. The molecule has 1 amide bonds. The lowest BCUT2D eigenvalue weighted by Gasteiger charge is -2.29. The molecule has 0 aliphatic heterocycles. The normalized spacial score (nSPS) is 19.0. The molecule has 1 aliphatic rings. The summed E-state index contributed by atoms with van der Waals surface area (Å²) >= 11 is 3.15. The third-order valence-electron chi connectivity index (χ3n) is 4.96. The van der Waals surface area contributed by atoms with Gasteiger partial charge < -0.3 is 15.5 Å². The highest BCUT2D eigenvalue weighted by molar-refractivity contribution is 7.20. The van der Waals surface area contributed by atoms with Gasteiger partial charge in [-0.15, -0.1) is 22.7 Å². The van der Waals surface area contributed by atoms with Crippen LogP contribution >= 0.6 is 22.7 Å². The molecule has 7 nitrogen and oxygen atoms in total. The summed E-state index contributed by atoms with van der Waals surface area (Å²) in [6.45, 7) is 0. The minimum absolute atomic E-state index is 0.0810. The van der Waals surface area contributed by atoms with Crippen LogP contribution in [0.4, 0.5) is 11.8 Å². The number of aromatic nitrogens is 3. The Morgan fingerprint density at radius 2 is 1.90 bits per heavy atom. The Labute approximate surface area is 178 Å². The van der Waals surface area contributed by atoms with Crippen molar-refractivity contribution in [3.05, 3.63) is 40.8 Å². The van der Waals surface area contributed by atoms with Gasteiger partial charge in [-0.2, -0.15) is 4.98 Å². The molecule has 0 saturated heterocycles. The average molecular weight is 429 g/mol. The molecule has 9 heteroatoms. The van der Waals surface area contributed by atoms with E-state index in [0.717, 1.165) is 41.4 Å². The fraction of sp³-hybridized carbons (Fsp3) is 0.400. The second-order valence-corrected chi connectivity index (χ2v) is 9.12. The Kier molecular flexibility index (Phi) is 6.05. The van der Waals surface area contributed by atoms with Gasteiger partial charge in [0.1, 0.15) is 16.5 Å². The zero-order chi connectivity index (χ0) is 20.2. The third kappa shape index (κ3) is 4.91. The van der Waals surface area contributed by atoms with E-state index >= 15 is 0 Å². The smallest absolute Gasteiger partial charge is 0.270 e. The lowest BCUT2D eigenvalue weighted by molar-refractivity contribution is 0.0922. The van der Waals surface area contributed by atoms with Crippen LogP contribution in [0.1, 0.15) is 36.2 Å². The summed E-state index contributed by atoms with van der Waals surface area (Å²) in [6, 6.07) is 6.42. The van der Waals surface area contributed by atoms with Gasteiger partial charge in [-0.1, -0.05) is 6.07 Å². The Bertz CT molecular complexity index is 948. The molecule has 4 rings (SSSR count). The highest BCUT2D eigenvalue weighted by atomic mass is 32.1. The van der Waals surface area contributed by atoms with Gasteiger partial charge in [-0.25, -0.2) is 9.97 Å². The Hall–Kier alpha value is -2.52. The minimum atomic E-state index is -0.0810. The van der Waals surface area contributed by atoms with Crippen LogP contribution in [-0.2, 0) is 0 Å². The molecule has 0 unspecified atom stereocenters. The van der Waals surface area contributed by atoms with Gasteiger partial charge in [0, 0.05) is 37.8 Å². The molecule has 2 N–H and O–H groups in total. The Morgan fingerprint density at radius 1 is 1.10 bits per heavy atom. The second-order valence-electron chi connectivity index (χ2n) is 7.31. The SMILES string of the molecule is CN(C)c1ccnc(N[C@H]2CC[C@@H](NC(=O)c3csc(-c4cccs4)n3)CC2)n1. The summed E-state index contributed by atoms with van der Waals surface area (Å²) in [5.41, 5.74) is 0.507. The molecule has 0 atom stereocenters. The first-order chi connectivity index (χ1) is 14.1. The quantitative estimate of drug-likeness (QED) is 0.620. The number of nitrogens with one attached hydrogen (secondary N) is 2. The number of thiophene rings is 1. The molecule has 0 radical (unpaired) electrons. The van der Waals surface area contributed by atoms with E-state index in [9.17, 15) is 4.79 Å². The van der Waals surface area contributed by atoms with Gasteiger partial charge in [-0.3, -0.25) is 4.79 Å². The molecule has 1 saturated carbocycles. The van der Waals surface area contributed by atoms with E-state index in [1.165, 1.54) is 11.3 Å². The fourth-order valence-electron chi connectivity index (χ4n) is 3.38. The van der Waals surface area contributed by atoms with Crippen molar-refractivity contribution in [2.24, 2.45) is 0 Å². The van der Waals surface area contributed by atoms with Crippen LogP contribution in [0.3, 0.4) is 0 Å². The van der Waals surface area contributed by atoms with Gasteiger partial charge >= 0.3 is 0 Å². The molecule has 0 aromatic carbocycles. The number of anilines is 2. The lowest BCUT2D eigenvalue weighted by atomic mass is 9.91. The highest BCUT2D eigenvalue weighted by Gasteiger charge is 2.24. The summed E-state index contributed by atoms with van der Waals surface area (Å²) < 4.78 is 0. The van der Waals surface area contributed by atoms with Gasteiger partial charge in [-0.05, 0) is 43.2 Å². The zero-order valence-corrected chi connectivity index (χ0v) is 18.1. The molecule has 3 aromatic heterocycles. The van der Waals surface area contributed by atoms with Gasteiger partial charge in [0.05, 0.1) is 4.88 Å². The topological polar surface area (TPSA) is 83.0 Å². The van der Waals surface area contributed by atoms with Gasteiger partial charge in [0.15, 0.2) is 0 Å². The van der Waals surface area contributed by atoms with Crippen molar-refractivity contribution in [3.8, 4) is 9.88 Å². The first kappa shape index (κ1) is 19.8. The summed E-state index contributed by atoms with van der Waals surface area (Å²) in [6.07, 6.45) is 5.57. The predicted octanol–water partition coefficient (Wildman–Crippen LogP) is 3.88. The first-order valence-corrected chi connectivity index (χ1v) is 11.4. The number of nitrogens with zero attached hydrogens (tertiary/aromatic N) is 4. The number of hydrogen-bond donors (Lipinski definition) is 2. The number of carbonyl (C=O) groups is 1. The monoisotopic (exact) mass is 428 g/mol. The second kappa shape index (κ2) is 8.87. The average Bonchev–Trinajstić information content (AvgIpc) is 3.41. The number of rotatable bonds is 6. The molecular formula is C20H24N6OS2. The number of hydrogen-bond acceptors (Lipinski definition) is 8. The van der Waals surface area contributed by atoms with Crippen LogP contribution in [0.15, 0.2) is 35.2 Å². The number of carbonyl (C=O) groups excluding carboxylic acids is 1. The van der Waals surface area contributed by atoms with E-state index in [4.69, 9.17) is 0 Å². The lowest BCUT2D eigenvalue weighted by Crippen LogP contribution is -2.40.